The summed E-state index contributed by atoms with van der Waals surface area (Å²) in [5.74, 6) is -0.0116. The van der Waals surface area contributed by atoms with Crippen LogP contribution in [0.1, 0.15) is 29.3 Å². The molecule has 6 nitrogen and oxygen atoms in total. The second-order valence-electron chi connectivity index (χ2n) is 7.38. The number of fused-ring (bicyclic) bond motifs is 1. The van der Waals surface area contributed by atoms with Crippen LogP contribution in [0.3, 0.4) is 0 Å². The molecule has 2 saturated heterocycles. The fourth-order valence-corrected chi connectivity index (χ4v) is 4.09. The molecule has 0 bridgehead atoms. The topological polar surface area (TPSA) is 62.7 Å². The lowest BCUT2D eigenvalue weighted by atomic mass is 9.85. The molecule has 0 N–H and O–H groups in total. The zero-order chi connectivity index (χ0) is 18.9. The number of amides is 2. The zero-order valence-electron chi connectivity index (χ0n) is 15.4. The van der Waals surface area contributed by atoms with Crippen LogP contribution in [0, 0.1) is 0 Å². The number of pyridine rings is 1. The van der Waals surface area contributed by atoms with Gasteiger partial charge in [0.2, 0.25) is 5.91 Å². The molecule has 0 spiro atoms. The van der Waals surface area contributed by atoms with Gasteiger partial charge in [-0.05, 0) is 31.0 Å². The van der Waals surface area contributed by atoms with Crippen LogP contribution in [0.5, 0.6) is 0 Å². The molecule has 27 heavy (non-hydrogen) atoms. The third kappa shape index (κ3) is 3.45. The van der Waals surface area contributed by atoms with E-state index in [-0.39, 0.29) is 24.5 Å². The van der Waals surface area contributed by atoms with Crippen LogP contribution in [0.25, 0.3) is 0 Å². The number of likely N-dealkylation sites (tertiary alicyclic amines) is 1. The van der Waals surface area contributed by atoms with E-state index in [0.29, 0.717) is 31.6 Å². The van der Waals surface area contributed by atoms with Crippen LogP contribution in [0.15, 0.2) is 54.9 Å². The number of ether oxygens (including phenoxy) is 1. The summed E-state index contributed by atoms with van der Waals surface area (Å²) in [5.41, 5.74) is 1.16. The summed E-state index contributed by atoms with van der Waals surface area (Å²) in [6.07, 6.45) is 3.95. The van der Waals surface area contributed by atoms with E-state index in [1.165, 1.54) is 0 Å². The second-order valence-corrected chi connectivity index (χ2v) is 7.38. The van der Waals surface area contributed by atoms with Crippen molar-refractivity contribution in [2.75, 3.05) is 19.7 Å². The number of hydrogen-bond acceptors (Lipinski definition) is 4. The van der Waals surface area contributed by atoms with Gasteiger partial charge in [0, 0.05) is 31.0 Å². The fourth-order valence-electron chi connectivity index (χ4n) is 4.09. The van der Waals surface area contributed by atoms with E-state index in [4.69, 9.17) is 4.74 Å². The molecule has 0 radical (unpaired) electrons. The first kappa shape index (κ1) is 17.7. The average Bonchev–Trinajstić information content (AvgIpc) is 2.71. The summed E-state index contributed by atoms with van der Waals surface area (Å²) in [7, 11) is 0. The number of morpholine rings is 1. The predicted octanol–water partition coefficient (Wildman–Crippen LogP) is 2.11. The van der Waals surface area contributed by atoms with Crippen molar-refractivity contribution in [3.8, 4) is 0 Å². The van der Waals surface area contributed by atoms with Gasteiger partial charge in [-0.2, -0.15) is 0 Å². The van der Waals surface area contributed by atoms with Crippen LogP contribution in [-0.4, -0.2) is 57.9 Å². The minimum atomic E-state index is -0.566. The smallest absolute Gasteiger partial charge is 0.254 e. The molecule has 2 aromatic rings. The Kier molecular flexibility index (Phi) is 4.66. The average molecular weight is 365 g/mol. The highest BCUT2D eigenvalue weighted by atomic mass is 16.5. The predicted molar refractivity (Wildman–Crippen MR) is 99.9 cm³/mol. The van der Waals surface area contributed by atoms with Gasteiger partial charge in [0.25, 0.3) is 5.91 Å². The lowest BCUT2D eigenvalue weighted by molar-refractivity contribution is -0.186. The van der Waals surface area contributed by atoms with Crippen LogP contribution >= 0.6 is 0 Å². The lowest BCUT2D eigenvalue weighted by Crippen LogP contribution is -2.67. The first-order valence-electron chi connectivity index (χ1n) is 9.23. The second kappa shape index (κ2) is 7.12. The first-order valence-corrected chi connectivity index (χ1v) is 9.23. The van der Waals surface area contributed by atoms with Gasteiger partial charge in [0.15, 0.2) is 0 Å². The van der Waals surface area contributed by atoms with E-state index in [9.17, 15) is 9.59 Å². The van der Waals surface area contributed by atoms with Crippen molar-refractivity contribution in [3.63, 3.8) is 0 Å². The van der Waals surface area contributed by atoms with Crippen LogP contribution < -0.4 is 0 Å². The van der Waals surface area contributed by atoms with Crippen molar-refractivity contribution < 1.29 is 14.3 Å². The van der Waals surface area contributed by atoms with Gasteiger partial charge in [0.1, 0.15) is 12.2 Å². The Labute approximate surface area is 158 Å². The summed E-state index contributed by atoms with van der Waals surface area (Å²) in [6.45, 7) is 3.70. The number of carbonyl (C=O) groups excluding carboxylic acids is 2. The van der Waals surface area contributed by atoms with Gasteiger partial charge in [-0.25, -0.2) is 0 Å². The van der Waals surface area contributed by atoms with E-state index in [1.807, 2.05) is 47.1 Å². The summed E-state index contributed by atoms with van der Waals surface area (Å²) in [4.78, 5) is 33.1. The molecule has 140 valence electrons. The highest BCUT2D eigenvalue weighted by Gasteiger charge is 2.49. The largest absolute Gasteiger partial charge is 0.361 e. The molecule has 3 heterocycles. The zero-order valence-corrected chi connectivity index (χ0v) is 15.4. The summed E-state index contributed by atoms with van der Waals surface area (Å²) in [6, 6.07) is 13.4. The monoisotopic (exact) mass is 365 g/mol. The maximum Gasteiger partial charge on any atom is 0.254 e. The van der Waals surface area contributed by atoms with Gasteiger partial charge in [-0.15, -0.1) is 0 Å². The SMILES string of the molecule is C[C@@]12CN(C(=O)c3ccncc3)CC[C@H]1N(Cc1ccccc1)C(=O)CO2. The van der Waals surface area contributed by atoms with Gasteiger partial charge in [-0.3, -0.25) is 14.6 Å². The number of piperidine rings is 1. The van der Waals surface area contributed by atoms with Crippen molar-refractivity contribution in [2.45, 2.75) is 31.5 Å². The number of benzene rings is 1. The minimum absolute atomic E-state index is 0.00948. The van der Waals surface area contributed by atoms with E-state index in [1.54, 1.807) is 24.5 Å². The maximum absolute atomic E-state index is 12.8. The summed E-state index contributed by atoms with van der Waals surface area (Å²) in [5, 5.41) is 0. The third-order valence-electron chi connectivity index (χ3n) is 5.51. The van der Waals surface area contributed by atoms with Crippen molar-refractivity contribution >= 4 is 11.8 Å². The Morgan fingerprint density at radius 3 is 2.70 bits per heavy atom. The number of aromatic nitrogens is 1. The summed E-state index contributed by atoms with van der Waals surface area (Å²) >= 11 is 0. The standard InChI is InChI=1S/C21H23N3O3/c1-21-15-23(20(26)17-7-10-22-11-8-17)12-9-18(21)24(19(25)14-27-21)13-16-5-3-2-4-6-16/h2-8,10-11,18H,9,12-15H2,1H3/t18-,21-/m1/s1. The minimum Gasteiger partial charge on any atom is -0.361 e. The number of rotatable bonds is 3. The Morgan fingerprint density at radius 2 is 1.96 bits per heavy atom. The molecule has 4 rings (SSSR count). The number of carbonyl (C=O) groups is 2. The Hall–Kier alpha value is -2.73. The molecule has 2 aliphatic heterocycles. The molecule has 2 atom stereocenters. The molecule has 0 aliphatic carbocycles. The van der Waals surface area contributed by atoms with E-state index in [0.717, 1.165) is 5.56 Å². The van der Waals surface area contributed by atoms with Crippen molar-refractivity contribution in [2.24, 2.45) is 0 Å². The fraction of sp³-hybridized carbons (Fsp3) is 0.381. The maximum atomic E-state index is 12.8. The summed E-state index contributed by atoms with van der Waals surface area (Å²) < 4.78 is 5.97. The van der Waals surface area contributed by atoms with Gasteiger partial charge >= 0.3 is 0 Å². The molecule has 0 unspecified atom stereocenters. The van der Waals surface area contributed by atoms with Crippen molar-refractivity contribution in [3.05, 3.63) is 66.0 Å². The Balaban J connectivity index is 1.53. The van der Waals surface area contributed by atoms with E-state index in [2.05, 4.69) is 4.98 Å². The van der Waals surface area contributed by atoms with Crippen LogP contribution in [-0.2, 0) is 16.1 Å². The van der Waals surface area contributed by atoms with Gasteiger partial charge < -0.3 is 14.5 Å². The van der Waals surface area contributed by atoms with E-state index >= 15 is 0 Å². The molecule has 2 amide bonds. The Morgan fingerprint density at radius 1 is 1.22 bits per heavy atom. The molecule has 1 aromatic carbocycles. The van der Waals surface area contributed by atoms with E-state index < -0.39 is 5.60 Å². The van der Waals surface area contributed by atoms with Crippen molar-refractivity contribution in [1.82, 2.24) is 14.8 Å². The highest BCUT2D eigenvalue weighted by Crippen LogP contribution is 2.34. The normalized spacial score (nSPS) is 25.2. The van der Waals surface area contributed by atoms with Crippen molar-refractivity contribution in [1.29, 1.82) is 0 Å². The van der Waals surface area contributed by atoms with Gasteiger partial charge in [-0.1, -0.05) is 30.3 Å². The Bertz CT molecular complexity index is 827. The lowest BCUT2D eigenvalue weighted by Gasteiger charge is -2.52. The number of nitrogens with zero attached hydrogens (tertiary/aromatic N) is 3. The third-order valence-corrected chi connectivity index (χ3v) is 5.51. The number of hydrogen-bond donors (Lipinski definition) is 0. The molecular formula is C21H23N3O3. The van der Waals surface area contributed by atoms with Crippen LogP contribution in [0.2, 0.25) is 0 Å². The quantitative estimate of drug-likeness (QED) is 0.836. The molecule has 2 fully saturated rings. The molecule has 0 saturated carbocycles. The molecular weight excluding hydrogens is 342 g/mol. The molecule has 6 heteroatoms. The first-order chi connectivity index (χ1) is 13.1. The van der Waals surface area contributed by atoms with Crippen LogP contribution in [0.4, 0.5) is 0 Å². The highest BCUT2D eigenvalue weighted by molar-refractivity contribution is 5.94. The molecule has 1 aromatic heterocycles. The van der Waals surface area contributed by atoms with Gasteiger partial charge in [0.05, 0.1) is 12.6 Å². The molecule has 2 aliphatic rings.